The predicted molar refractivity (Wildman–Crippen MR) is 97.2 cm³/mol. The second kappa shape index (κ2) is 9.04. The van der Waals surface area contributed by atoms with E-state index in [9.17, 15) is 4.79 Å². The van der Waals surface area contributed by atoms with Gasteiger partial charge in [0.15, 0.2) is 0 Å². The summed E-state index contributed by atoms with van der Waals surface area (Å²) in [5, 5.41) is 6.53. The Labute approximate surface area is 145 Å². The van der Waals surface area contributed by atoms with Crippen LogP contribution in [0.1, 0.15) is 38.3 Å². The Morgan fingerprint density at radius 3 is 2.62 bits per heavy atom. The molecule has 1 heterocycles. The topological polar surface area (TPSA) is 53.6 Å². The minimum Gasteiger partial charge on any atom is -0.497 e. The third-order valence-corrected chi connectivity index (χ3v) is 4.74. The molecular formula is C19H31N3O2. The van der Waals surface area contributed by atoms with Crippen LogP contribution in [0.15, 0.2) is 24.3 Å². The molecule has 0 radical (unpaired) electrons. The van der Waals surface area contributed by atoms with E-state index in [2.05, 4.69) is 29.4 Å². The molecule has 0 aliphatic carbocycles. The van der Waals surface area contributed by atoms with Crippen LogP contribution in [0.4, 0.5) is 0 Å². The summed E-state index contributed by atoms with van der Waals surface area (Å²) in [6.45, 7) is 6.68. The Morgan fingerprint density at radius 2 is 2.04 bits per heavy atom. The first-order chi connectivity index (χ1) is 11.5. The Bertz CT molecular complexity index is 516. The van der Waals surface area contributed by atoms with Crippen molar-refractivity contribution in [1.29, 1.82) is 0 Å². The predicted octanol–water partition coefficient (Wildman–Crippen LogP) is 2.19. The van der Waals surface area contributed by atoms with Crippen LogP contribution < -0.4 is 15.4 Å². The van der Waals surface area contributed by atoms with E-state index in [1.165, 1.54) is 6.42 Å². The van der Waals surface area contributed by atoms with Crippen molar-refractivity contribution in [1.82, 2.24) is 15.5 Å². The number of likely N-dealkylation sites (N-methyl/N-ethyl adjacent to an activating group) is 1. The van der Waals surface area contributed by atoms with E-state index in [0.717, 1.165) is 30.8 Å². The van der Waals surface area contributed by atoms with Gasteiger partial charge in [0.05, 0.1) is 19.7 Å². The van der Waals surface area contributed by atoms with Crippen LogP contribution in [0.3, 0.4) is 0 Å². The molecule has 0 bridgehead atoms. The number of hydrogen-bond donors (Lipinski definition) is 2. The van der Waals surface area contributed by atoms with Gasteiger partial charge in [-0.15, -0.1) is 0 Å². The molecule has 2 rings (SSSR count). The van der Waals surface area contributed by atoms with E-state index >= 15 is 0 Å². The third-order valence-electron chi connectivity index (χ3n) is 4.74. The first-order valence-corrected chi connectivity index (χ1v) is 8.86. The van der Waals surface area contributed by atoms with Crippen molar-refractivity contribution in [2.45, 2.75) is 38.8 Å². The van der Waals surface area contributed by atoms with Gasteiger partial charge in [-0.1, -0.05) is 26.0 Å². The number of rotatable bonds is 7. The molecule has 1 aromatic carbocycles. The average molecular weight is 333 g/mol. The standard InChI is InChI=1S/C19H31N3O2/c1-14(2)19(15-7-9-17(24-4)10-8-15)21-18(23)13-22-11-5-6-16(12-22)20-3/h7-10,14,16,19-20H,5-6,11-13H2,1-4H3,(H,21,23). The van der Waals surface area contributed by atoms with Gasteiger partial charge in [-0.3, -0.25) is 9.69 Å². The number of piperidine rings is 1. The highest BCUT2D eigenvalue weighted by Gasteiger charge is 2.23. The van der Waals surface area contributed by atoms with Crippen LogP contribution in [0.2, 0.25) is 0 Å². The number of hydrogen-bond acceptors (Lipinski definition) is 4. The molecule has 134 valence electrons. The SMILES string of the molecule is CNC1CCCN(CC(=O)NC(c2ccc(OC)cc2)C(C)C)C1. The lowest BCUT2D eigenvalue weighted by atomic mass is 9.96. The normalized spacial score (nSPS) is 20.0. The number of benzene rings is 1. The maximum atomic E-state index is 12.5. The van der Waals surface area contributed by atoms with E-state index in [0.29, 0.717) is 18.5 Å². The fourth-order valence-corrected chi connectivity index (χ4v) is 3.30. The number of nitrogens with zero attached hydrogens (tertiary/aromatic N) is 1. The lowest BCUT2D eigenvalue weighted by Gasteiger charge is -2.32. The maximum absolute atomic E-state index is 12.5. The van der Waals surface area contributed by atoms with Crippen molar-refractivity contribution in [2.24, 2.45) is 5.92 Å². The summed E-state index contributed by atoms with van der Waals surface area (Å²) >= 11 is 0. The van der Waals surface area contributed by atoms with Gasteiger partial charge in [-0.05, 0) is 50.0 Å². The summed E-state index contributed by atoms with van der Waals surface area (Å²) in [4.78, 5) is 14.8. The molecule has 24 heavy (non-hydrogen) atoms. The van der Waals surface area contributed by atoms with Crippen LogP contribution in [0.5, 0.6) is 5.75 Å². The molecule has 2 atom stereocenters. The van der Waals surface area contributed by atoms with Gasteiger partial charge in [0.1, 0.15) is 5.75 Å². The van der Waals surface area contributed by atoms with Gasteiger partial charge in [-0.2, -0.15) is 0 Å². The number of amides is 1. The van der Waals surface area contributed by atoms with Crippen molar-refractivity contribution < 1.29 is 9.53 Å². The van der Waals surface area contributed by atoms with Crippen molar-refractivity contribution in [3.8, 4) is 5.75 Å². The lowest BCUT2D eigenvalue weighted by Crippen LogP contribution is -2.48. The first kappa shape index (κ1) is 18.7. The quantitative estimate of drug-likeness (QED) is 0.803. The smallest absolute Gasteiger partial charge is 0.234 e. The van der Waals surface area contributed by atoms with Gasteiger partial charge in [0.2, 0.25) is 5.91 Å². The Morgan fingerprint density at radius 1 is 1.33 bits per heavy atom. The number of nitrogens with one attached hydrogen (secondary N) is 2. The molecule has 2 unspecified atom stereocenters. The molecule has 1 amide bonds. The number of carbonyl (C=O) groups excluding carboxylic acids is 1. The molecular weight excluding hydrogens is 302 g/mol. The molecule has 1 aliphatic heterocycles. The van der Waals surface area contributed by atoms with Crippen molar-refractivity contribution >= 4 is 5.91 Å². The van der Waals surface area contributed by atoms with E-state index in [4.69, 9.17) is 4.74 Å². The Balaban J connectivity index is 1.95. The summed E-state index contributed by atoms with van der Waals surface area (Å²) in [6, 6.07) is 8.46. The van der Waals surface area contributed by atoms with Crippen molar-refractivity contribution in [3.63, 3.8) is 0 Å². The fourth-order valence-electron chi connectivity index (χ4n) is 3.30. The van der Waals surface area contributed by atoms with Gasteiger partial charge in [-0.25, -0.2) is 0 Å². The number of likely N-dealkylation sites (tertiary alicyclic amines) is 1. The van der Waals surface area contributed by atoms with E-state index in [1.807, 2.05) is 31.3 Å². The van der Waals surface area contributed by atoms with Crippen LogP contribution in [0, 0.1) is 5.92 Å². The molecule has 0 aromatic heterocycles. The van der Waals surface area contributed by atoms with Crippen LogP contribution in [-0.4, -0.2) is 50.6 Å². The van der Waals surface area contributed by atoms with Gasteiger partial charge in [0, 0.05) is 12.6 Å². The fraction of sp³-hybridized carbons (Fsp3) is 0.632. The molecule has 0 saturated carbocycles. The monoisotopic (exact) mass is 333 g/mol. The highest BCUT2D eigenvalue weighted by molar-refractivity contribution is 5.78. The van der Waals surface area contributed by atoms with Gasteiger partial charge < -0.3 is 15.4 Å². The second-order valence-electron chi connectivity index (χ2n) is 6.93. The molecule has 1 aromatic rings. The molecule has 5 heteroatoms. The van der Waals surface area contributed by atoms with E-state index in [-0.39, 0.29) is 11.9 Å². The third kappa shape index (κ3) is 5.21. The minimum atomic E-state index is 0.0216. The molecule has 2 N–H and O–H groups in total. The highest BCUT2D eigenvalue weighted by Crippen LogP contribution is 2.24. The summed E-state index contributed by atoms with van der Waals surface area (Å²) in [6.07, 6.45) is 2.33. The molecule has 1 saturated heterocycles. The van der Waals surface area contributed by atoms with Gasteiger partial charge in [0.25, 0.3) is 0 Å². The van der Waals surface area contributed by atoms with Crippen LogP contribution >= 0.6 is 0 Å². The summed E-state index contributed by atoms with van der Waals surface area (Å²) in [5.41, 5.74) is 1.12. The number of ether oxygens (including phenoxy) is 1. The largest absolute Gasteiger partial charge is 0.497 e. The van der Waals surface area contributed by atoms with Crippen molar-refractivity contribution in [3.05, 3.63) is 29.8 Å². The minimum absolute atomic E-state index is 0.0216. The number of methoxy groups -OCH3 is 1. The van der Waals surface area contributed by atoms with E-state index < -0.39 is 0 Å². The summed E-state index contributed by atoms with van der Waals surface area (Å²) in [7, 11) is 3.65. The zero-order valence-corrected chi connectivity index (χ0v) is 15.3. The van der Waals surface area contributed by atoms with E-state index in [1.54, 1.807) is 7.11 Å². The maximum Gasteiger partial charge on any atom is 0.234 e. The molecule has 5 nitrogen and oxygen atoms in total. The van der Waals surface area contributed by atoms with Crippen LogP contribution in [0.25, 0.3) is 0 Å². The summed E-state index contributed by atoms with van der Waals surface area (Å²) < 4.78 is 5.21. The lowest BCUT2D eigenvalue weighted by molar-refractivity contribution is -0.123. The zero-order valence-electron chi connectivity index (χ0n) is 15.3. The van der Waals surface area contributed by atoms with Crippen molar-refractivity contribution in [2.75, 3.05) is 33.8 Å². The molecule has 1 aliphatic rings. The zero-order chi connectivity index (χ0) is 17.5. The molecule has 0 spiro atoms. The van der Waals surface area contributed by atoms with Crippen LogP contribution in [-0.2, 0) is 4.79 Å². The highest BCUT2D eigenvalue weighted by atomic mass is 16.5. The second-order valence-corrected chi connectivity index (χ2v) is 6.93. The summed E-state index contributed by atoms with van der Waals surface area (Å²) in [5.74, 6) is 1.26. The molecule has 1 fully saturated rings. The first-order valence-electron chi connectivity index (χ1n) is 8.86. The Kier molecular flexibility index (Phi) is 7.06. The number of carbonyl (C=O) groups is 1. The van der Waals surface area contributed by atoms with Gasteiger partial charge >= 0.3 is 0 Å². The average Bonchev–Trinajstić information content (AvgIpc) is 2.59. The Hall–Kier alpha value is -1.59.